The van der Waals surface area contributed by atoms with Crippen molar-refractivity contribution in [2.24, 2.45) is 0 Å². The molecule has 0 bridgehead atoms. The first-order valence-electron chi connectivity index (χ1n) is 5.75. The zero-order chi connectivity index (χ0) is 11.8. The van der Waals surface area contributed by atoms with Gasteiger partial charge in [0.25, 0.3) is 0 Å². The van der Waals surface area contributed by atoms with E-state index in [1.54, 1.807) is 6.20 Å². The van der Waals surface area contributed by atoms with Crippen molar-refractivity contribution in [3.8, 4) is 5.69 Å². The lowest BCUT2D eigenvalue weighted by Crippen LogP contribution is -2.11. The van der Waals surface area contributed by atoms with Crippen molar-refractivity contribution in [2.45, 2.75) is 25.4 Å². The summed E-state index contributed by atoms with van der Waals surface area (Å²) in [4.78, 5) is 3.85. The minimum absolute atomic E-state index is 0.346. The van der Waals surface area contributed by atoms with E-state index in [0.717, 1.165) is 30.5 Å². The van der Waals surface area contributed by atoms with Crippen LogP contribution in [-0.2, 0) is 6.42 Å². The molecule has 1 N–H and O–H groups in total. The molecule has 4 heteroatoms. The van der Waals surface area contributed by atoms with Gasteiger partial charge in [-0.1, -0.05) is 0 Å². The summed E-state index contributed by atoms with van der Waals surface area (Å²) in [5, 5.41) is 9.87. The zero-order valence-electron chi connectivity index (χ0n) is 9.31. The standard InChI is InChI=1S/C13H13FN2O/c14-9-6-10(8-15-7-9)16-5-4-11-12(16)2-1-3-13(11)17/h4-8,13,17H,1-3H2. The van der Waals surface area contributed by atoms with Crippen LogP contribution in [0, 0.1) is 5.82 Å². The van der Waals surface area contributed by atoms with Crippen molar-refractivity contribution in [3.63, 3.8) is 0 Å². The number of aromatic nitrogens is 2. The van der Waals surface area contributed by atoms with Crippen LogP contribution in [0.3, 0.4) is 0 Å². The Kier molecular flexibility index (Phi) is 2.44. The lowest BCUT2D eigenvalue weighted by Gasteiger charge is -2.20. The van der Waals surface area contributed by atoms with Gasteiger partial charge in [0.15, 0.2) is 0 Å². The number of rotatable bonds is 1. The zero-order valence-corrected chi connectivity index (χ0v) is 9.31. The summed E-state index contributed by atoms with van der Waals surface area (Å²) >= 11 is 0. The summed E-state index contributed by atoms with van der Waals surface area (Å²) in [6, 6.07) is 3.36. The van der Waals surface area contributed by atoms with Crippen LogP contribution in [0.15, 0.2) is 30.7 Å². The number of pyridine rings is 1. The van der Waals surface area contributed by atoms with Gasteiger partial charge in [0.1, 0.15) is 5.82 Å². The van der Waals surface area contributed by atoms with E-state index >= 15 is 0 Å². The molecule has 0 fully saturated rings. The van der Waals surface area contributed by atoms with Crippen LogP contribution < -0.4 is 0 Å². The lowest BCUT2D eigenvalue weighted by atomic mass is 9.95. The van der Waals surface area contributed by atoms with Crippen LogP contribution in [0.5, 0.6) is 0 Å². The van der Waals surface area contributed by atoms with Crippen LogP contribution in [-0.4, -0.2) is 14.7 Å². The highest BCUT2D eigenvalue weighted by molar-refractivity contribution is 5.38. The second-order valence-corrected chi connectivity index (χ2v) is 4.36. The third-order valence-corrected chi connectivity index (χ3v) is 3.25. The van der Waals surface area contributed by atoms with Gasteiger partial charge >= 0.3 is 0 Å². The van der Waals surface area contributed by atoms with Gasteiger partial charge in [-0.05, 0) is 25.3 Å². The highest BCUT2D eigenvalue weighted by atomic mass is 19.1. The van der Waals surface area contributed by atoms with Crippen molar-refractivity contribution in [3.05, 3.63) is 47.8 Å². The predicted octanol–water partition coefficient (Wildman–Crippen LogP) is 2.38. The highest BCUT2D eigenvalue weighted by Gasteiger charge is 2.21. The smallest absolute Gasteiger partial charge is 0.143 e. The number of fused-ring (bicyclic) bond motifs is 1. The van der Waals surface area contributed by atoms with Crippen molar-refractivity contribution in [2.75, 3.05) is 0 Å². The van der Waals surface area contributed by atoms with E-state index < -0.39 is 0 Å². The van der Waals surface area contributed by atoms with E-state index in [1.165, 1.54) is 12.3 Å². The van der Waals surface area contributed by atoms with Crippen LogP contribution in [0.4, 0.5) is 4.39 Å². The molecule has 1 atom stereocenters. The maximum atomic E-state index is 13.1. The Hall–Kier alpha value is -1.68. The molecule has 0 radical (unpaired) electrons. The predicted molar refractivity (Wildman–Crippen MR) is 61.4 cm³/mol. The first-order chi connectivity index (χ1) is 8.25. The summed E-state index contributed by atoms with van der Waals surface area (Å²) in [7, 11) is 0. The molecular formula is C13H13FN2O. The number of aliphatic hydroxyl groups excluding tert-OH is 1. The largest absolute Gasteiger partial charge is 0.388 e. The molecule has 88 valence electrons. The molecule has 1 aliphatic rings. The fraction of sp³-hybridized carbons (Fsp3) is 0.308. The first kappa shape index (κ1) is 10.5. The van der Waals surface area contributed by atoms with Crippen molar-refractivity contribution in [1.29, 1.82) is 0 Å². The van der Waals surface area contributed by atoms with E-state index in [4.69, 9.17) is 0 Å². The normalized spacial score (nSPS) is 19.1. The Morgan fingerprint density at radius 2 is 2.29 bits per heavy atom. The maximum Gasteiger partial charge on any atom is 0.143 e. The van der Waals surface area contributed by atoms with E-state index in [2.05, 4.69) is 4.98 Å². The van der Waals surface area contributed by atoms with Crippen LogP contribution >= 0.6 is 0 Å². The number of aliphatic hydroxyl groups is 1. The van der Waals surface area contributed by atoms with Gasteiger partial charge in [-0.15, -0.1) is 0 Å². The number of halogens is 1. The van der Waals surface area contributed by atoms with Gasteiger partial charge in [0.2, 0.25) is 0 Å². The lowest BCUT2D eigenvalue weighted by molar-refractivity contribution is 0.156. The molecular weight excluding hydrogens is 219 g/mol. The number of nitrogens with zero attached hydrogens (tertiary/aromatic N) is 2. The summed E-state index contributed by atoms with van der Waals surface area (Å²) in [5.41, 5.74) is 2.73. The Labute approximate surface area is 98.5 Å². The van der Waals surface area contributed by atoms with E-state index in [1.807, 2.05) is 16.8 Å². The quantitative estimate of drug-likeness (QED) is 0.819. The molecule has 0 amide bonds. The summed E-state index contributed by atoms with van der Waals surface area (Å²) in [6.45, 7) is 0. The minimum Gasteiger partial charge on any atom is -0.388 e. The minimum atomic E-state index is -0.387. The molecule has 0 aliphatic heterocycles. The Bertz CT molecular complexity index is 550. The second-order valence-electron chi connectivity index (χ2n) is 4.36. The number of hydrogen-bond donors (Lipinski definition) is 1. The molecule has 2 aromatic rings. The highest BCUT2D eigenvalue weighted by Crippen LogP contribution is 2.31. The fourth-order valence-electron chi connectivity index (χ4n) is 2.44. The Morgan fingerprint density at radius 3 is 3.12 bits per heavy atom. The monoisotopic (exact) mass is 232 g/mol. The average Bonchev–Trinajstić information content (AvgIpc) is 2.74. The van der Waals surface area contributed by atoms with Gasteiger partial charge in [0, 0.05) is 23.5 Å². The SMILES string of the molecule is OC1CCCc2c1ccn2-c1cncc(F)c1. The van der Waals surface area contributed by atoms with Crippen LogP contribution in [0.1, 0.15) is 30.2 Å². The van der Waals surface area contributed by atoms with Crippen molar-refractivity contribution < 1.29 is 9.50 Å². The molecule has 0 saturated carbocycles. The third kappa shape index (κ3) is 1.74. The van der Waals surface area contributed by atoms with Gasteiger partial charge in [-0.2, -0.15) is 0 Å². The molecule has 0 spiro atoms. The first-order valence-corrected chi connectivity index (χ1v) is 5.75. The Balaban J connectivity index is 2.10. The molecule has 2 aromatic heterocycles. The van der Waals surface area contributed by atoms with Gasteiger partial charge < -0.3 is 9.67 Å². The molecule has 1 aliphatic carbocycles. The maximum absolute atomic E-state index is 13.1. The van der Waals surface area contributed by atoms with Gasteiger partial charge in [-0.3, -0.25) is 4.98 Å². The second kappa shape index (κ2) is 3.96. The van der Waals surface area contributed by atoms with Crippen molar-refractivity contribution in [1.82, 2.24) is 9.55 Å². The molecule has 0 saturated heterocycles. The Morgan fingerprint density at radius 1 is 1.41 bits per heavy atom. The van der Waals surface area contributed by atoms with Crippen molar-refractivity contribution >= 4 is 0 Å². The van der Waals surface area contributed by atoms with Gasteiger partial charge in [0.05, 0.1) is 24.2 Å². The average molecular weight is 232 g/mol. The number of hydrogen-bond acceptors (Lipinski definition) is 2. The molecule has 17 heavy (non-hydrogen) atoms. The van der Waals surface area contributed by atoms with E-state index in [-0.39, 0.29) is 11.9 Å². The van der Waals surface area contributed by atoms with Gasteiger partial charge in [-0.25, -0.2) is 4.39 Å². The van der Waals surface area contributed by atoms with Crippen LogP contribution in [0.25, 0.3) is 5.69 Å². The molecule has 1 unspecified atom stereocenters. The van der Waals surface area contributed by atoms with Crippen LogP contribution in [0.2, 0.25) is 0 Å². The summed E-state index contributed by atoms with van der Waals surface area (Å²) < 4.78 is 15.1. The van der Waals surface area contributed by atoms with E-state index in [9.17, 15) is 9.50 Å². The molecule has 3 rings (SSSR count). The molecule has 2 heterocycles. The fourth-order valence-corrected chi connectivity index (χ4v) is 2.44. The molecule has 0 aromatic carbocycles. The van der Waals surface area contributed by atoms with E-state index in [0.29, 0.717) is 5.69 Å². The topological polar surface area (TPSA) is 38.0 Å². The third-order valence-electron chi connectivity index (χ3n) is 3.25. The summed E-state index contributed by atoms with van der Waals surface area (Å²) in [5.74, 6) is -0.346. The molecule has 3 nitrogen and oxygen atoms in total. The summed E-state index contributed by atoms with van der Waals surface area (Å²) in [6.07, 6.45) is 6.98.